The van der Waals surface area contributed by atoms with Gasteiger partial charge in [0, 0.05) is 5.56 Å². The van der Waals surface area contributed by atoms with Crippen LogP contribution in [0.3, 0.4) is 0 Å². The van der Waals surface area contributed by atoms with E-state index in [9.17, 15) is 9.59 Å². The van der Waals surface area contributed by atoms with Crippen molar-refractivity contribution < 1.29 is 14.3 Å². The number of carbonyl (C=O) groups excluding carboxylic acids is 2. The summed E-state index contributed by atoms with van der Waals surface area (Å²) in [7, 11) is 0. The molecule has 0 bridgehead atoms. The van der Waals surface area contributed by atoms with Gasteiger partial charge in [0.2, 0.25) is 0 Å². The third-order valence-corrected chi connectivity index (χ3v) is 4.26. The third-order valence-electron chi connectivity index (χ3n) is 4.26. The fraction of sp³-hybridized carbons (Fsp3) is 0.529. The molecule has 0 saturated heterocycles. The quantitative estimate of drug-likeness (QED) is 0.478. The first-order chi connectivity index (χ1) is 9.60. The van der Waals surface area contributed by atoms with Gasteiger partial charge in [0.05, 0.1) is 6.61 Å². The highest BCUT2D eigenvalue weighted by Gasteiger charge is 2.48. The molecule has 3 nitrogen and oxygen atoms in total. The summed E-state index contributed by atoms with van der Waals surface area (Å²) < 4.78 is 5.20. The van der Waals surface area contributed by atoms with Crippen molar-refractivity contribution in [2.45, 2.75) is 39.5 Å². The van der Waals surface area contributed by atoms with Crippen molar-refractivity contribution in [2.75, 3.05) is 6.61 Å². The van der Waals surface area contributed by atoms with Crippen molar-refractivity contribution in [2.24, 2.45) is 11.3 Å². The maximum Gasteiger partial charge on any atom is 0.320 e. The van der Waals surface area contributed by atoms with Crippen LogP contribution in [0.15, 0.2) is 30.3 Å². The molecule has 0 radical (unpaired) electrons. The standard InChI is InChI=1S/C17H22O3/c1-3-20-16(19)17(11-9-13(2)10-12-17)15(18)14-7-5-4-6-8-14/h4-8,13H,3,9-12H2,1-2H3. The van der Waals surface area contributed by atoms with Gasteiger partial charge in [0.1, 0.15) is 5.41 Å². The second-order valence-electron chi connectivity index (χ2n) is 5.68. The van der Waals surface area contributed by atoms with Crippen molar-refractivity contribution in [3.05, 3.63) is 35.9 Å². The van der Waals surface area contributed by atoms with Gasteiger partial charge in [-0.25, -0.2) is 0 Å². The van der Waals surface area contributed by atoms with Gasteiger partial charge in [-0.2, -0.15) is 0 Å². The summed E-state index contributed by atoms with van der Waals surface area (Å²) in [6.07, 6.45) is 3.00. The lowest BCUT2D eigenvalue weighted by atomic mass is 9.67. The van der Waals surface area contributed by atoms with E-state index in [4.69, 9.17) is 4.74 Å². The zero-order chi connectivity index (χ0) is 14.6. The van der Waals surface area contributed by atoms with Crippen LogP contribution < -0.4 is 0 Å². The van der Waals surface area contributed by atoms with E-state index in [-0.39, 0.29) is 11.8 Å². The molecule has 0 N–H and O–H groups in total. The SMILES string of the molecule is CCOC(=O)C1(C(=O)c2ccccc2)CCC(C)CC1. The molecule has 1 aromatic carbocycles. The Hall–Kier alpha value is -1.64. The van der Waals surface area contributed by atoms with Gasteiger partial charge >= 0.3 is 5.97 Å². The predicted molar refractivity (Wildman–Crippen MR) is 77.5 cm³/mol. The fourth-order valence-electron chi connectivity index (χ4n) is 2.91. The number of hydrogen-bond donors (Lipinski definition) is 0. The summed E-state index contributed by atoms with van der Waals surface area (Å²) in [6, 6.07) is 9.09. The predicted octanol–water partition coefficient (Wildman–Crippen LogP) is 3.63. The Morgan fingerprint density at radius 3 is 2.35 bits per heavy atom. The van der Waals surface area contributed by atoms with Crippen LogP contribution in [0.5, 0.6) is 0 Å². The number of benzene rings is 1. The van der Waals surface area contributed by atoms with Crippen LogP contribution in [0, 0.1) is 11.3 Å². The monoisotopic (exact) mass is 274 g/mol. The minimum Gasteiger partial charge on any atom is -0.465 e. The second kappa shape index (κ2) is 6.21. The number of rotatable bonds is 4. The molecule has 108 valence electrons. The summed E-state index contributed by atoms with van der Waals surface area (Å²) in [6.45, 7) is 4.27. The normalized spacial score (nSPS) is 26.0. The van der Waals surface area contributed by atoms with E-state index in [0.717, 1.165) is 12.8 Å². The number of esters is 1. The zero-order valence-corrected chi connectivity index (χ0v) is 12.2. The summed E-state index contributed by atoms with van der Waals surface area (Å²) >= 11 is 0. The van der Waals surface area contributed by atoms with E-state index in [1.807, 2.05) is 18.2 Å². The van der Waals surface area contributed by atoms with Crippen molar-refractivity contribution in [1.82, 2.24) is 0 Å². The van der Waals surface area contributed by atoms with Crippen molar-refractivity contribution in [3.63, 3.8) is 0 Å². The number of carbonyl (C=O) groups is 2. The highest BCUT2D eigenvalue weighted by Crippen LogP contribution is 2.42. The van der Waals surface area contributed by atoms with Crippen molar-refractivity contribution >= 4 is 11.8 Å². The largest absolute Gasteiger partial charge is 0.465 e. The number of Topliss-reactive ketones (excluding diaryl/α,β-unsaturated/α-hetero) is 1. The molecule has 0 aromatic heterocycles. The van der Waals surface area contributed by atoms with Gasteiger partial charge < -0.3 is 4.74 Å². The smallest absolute Gasteiger partial charge is 0.320 e. The Morgan fingerprint density at radius 1 is 1.20 bits per heavy atom. The van der Waals surface area contributed by atoms with Gasteiger partial charge in [-0.05, 0) is 38.5 Å². The molecule has 1 saturated carbocycles. The summed E-state index contributed by atoms with van der Waals surface area (Å²) in [5.41, 5.74) is -0.362. The van der Waals surface area contributed by atoms with Crippen LogP contribution >= 0.6 is 0 Å². The summed E-state index contributed by atoms with van der Waals surface area (Å²) in [4.78, 5) is 25.2. The number of hydrogen-bond acceptors (Lipinski definition) is 3. The molecule has 0 heterocycles. The molecule has 3 heteroatoms. The third kappa shape index (κ3) is 2.77. The first-order valence-corrected chi connectivity index (χ1v) is 7.37. The molecular weight excluding hydrogens is 252 g/mol. The molecule has 1 aliphatic rings. The molecule has 0 aliphatic heterocycles. The van der Waals surface area contributed by atoms with E-state index in [1.165, 1.54) is 0 Å². The highest BCUT2D eigenvalue weighted by molar-refractivity contribution is 6.12. The van der Waals surface area contributed by atoms with Gasteiger partial charge in [0.25, 0.3) is 0 Å². The van der Waals surface area contributed by atoms with E-state index in [2.05, 4.69) is 6.92 Å². The van der Waals surface area contributed by atoms with Gasteiger partial charge in [0.15, 0.2) is 5.78 Å². The Kier molecular flexibility index (Phi) is 4.58. The summed E-state index contributed by atoms with van der Waals surface area (Å²) in [5, 5.41) is 0. The molecule has 0 spiro atoms. The molecule has 0 unspecified atom stereocenters. The Balaban J connectivity index is 2.32. The average Bonchev–Trinajstić information content (AvgIpc) is 2.49. The van der Waals surface area contributed by atoms with Crippen LogP contribution in [0.1, 0.15) is 49.9 Å². The lowest BCUT2D eigenvalue weighted by Gasteiger charge is -2.35. The van der Waals surface area contributed by atoms with Crippen molar-refractivity contribution in [3.8, 4) is 0 Å². The lowest BCUT2D eigenvalue weighted by molar-refractivity contribution is -0.154. The van der Waals surface area contributed by atoms with Crippen molar-refractivity contribution in [1.29, 1.82) is 0 Å². The molecule has 1 aromatic rings. The van der Waals surface area contributed by atoms with E-state index in [0.29, 0.717) is 30.9 Å². The Labute approximate surface area is 120 Å². The Bertz CT molecular complexity index is 470. The van der Waals surface area contributed by atoms with Crippen LogP contribution in [0.25, 0.3) is 0 Å². The van der Waals surface area contributed by atoms with E-state index >= 15 is 0 Å². The van der Waals surface area contributed by atoms with E-state index < -0.39 is 5.41 Å². The number of ether oxygens (including phenoxy) is 1. The van der Waals surface area contributed by atoms with Gasteiger partial charge in [-0.15, -0.1) is 0 Å². The first kappa shape index (κ1) is 14.8. The lowest BCUT2D eigenvalue weighted by Crippen LogP contribution is -2.43. The summed E-state index contributed by atoms with van der Waals surface area (Å²) in [5.74, 6) is 0.144. The Morgan fingerprint density at radius 2 is 1.80 bits per heavy atom. The maximum absolute atomic E-state index is 12.8. The van der Waals surface area contributed by atoms with Crippen LogP contribution in [-0.2, 0) is 9.53 Å². The topological polar surface area (TPSA) is 43.4 Å². The fourth-order valence-corrected chi connectivity index (χ4v) is 2.91. The van der Waals surface area contributed by atoms with Crippen LogP contribution in [-0.4, -0.2) is 18.4 Å². The molecule has 0 amide bonds. The molecule has 2 rings (SSSR count). The molecule has 20 heavy (non-hydrogen) atoms. The second-order valence-corrected chi connectivity index (χ2v) is 5.68. The van der Waals surface area contributed by atoms with Gasteiger partial charge in [-0.3, -0.25) is 9.59 Å². The molecule has 0 atom stereocenters. The molecular formula is C17H22O3. The van der Waals surface area contributed by atoms with Crippen LogP contribution in [0.2, 0.25) is 0 Å². The van der Waals surface area contributed by atoms with Gasteiger partial charge in [-0.1, -0.05) is 37.3 Å². The minimum atomic E-state index is -0.968. The van der Waals surface area contributed by atoms with Crippen LogP contribution in [0.4, 0.5) is 0 Å². The molecule has 1 fully saturated rings. The maximum atomic E-state index is 12.8. The average molecular weight is 274 g/mol. The number of ketones is 1. The highest BCUT2D eigenvalue weighted by atomic mass is 16.5. The molecule has 1 aliphatic carbocycles. The zero-order valence-electron chi connectivity index (χ0n) is 12.2. The first-order valence-electron chi connectivity index (χ1n) is 7.37. The van der Waals surface area contributed by atoms with E-state index in [1.54, 1.807) is 19.1 Å². The minimum absolute atomic E-state index is 0.0801.